The Balaban J connectivity index is 1.96. The van der Waals surface area contributed by atoms with Crippen molar-refractivity contribution >= 4 is 34.1 Å². The summed E-state index contributed by atoms with van der Waals surface area (Å²) in [7, 11) is 1.59. The van der Waals surface area contributed by atoms with Crippen LogP contribution >= 0.6 is 23.1 Å². The Bertz CT molecular complexity index is 664. The highest BCUT2D eigenvalue weighted by molar-refractivity contribution is 8.01. The number of nitrogens with zero attached hydrogens (tertiary/aromatic N) is 2. The Kier molecular flexibility index (Phi) is 7.33. The molecular formula is C16H21N3O3S2. The number of anilines is 1. The quantitative estimate of drug-likeness (QED) is 0.536. The fourth-order valence-corrected chi connectivity index (χ4v) is 3.54. The Hall–Kier alpha value is -1.80. The number of amides is 1. The van der Waals surface area contributed by atoms with Gasteiger partial charge in [0.25, 0.3) is 5.91 Å². The van der Waals surface area contributed by atoms with Crippen molar-refractivity contribution in [2.45, 2.75) is 37.1 Å². The van der Waals surface area contributed by atoms with Crippen molar-refractivity contribution in [2.75, 3.05) is 18.2 Å². The average molecular weight is 367 g/mol. The van der Waals surface area contributed by atoms with E-state index in [1.54, 1.807) is 31.0 Å². The van der Waals surface area contributed by atoms with E-state index in [0.29, 0.717) is 23.1 Å². The van der Waals surface area contributed by atoms with Gasteiger partial charge in [0, 0.05) is 11.8 Å². The van der Waals surface area contributed by atoms with Gasteiger partial charge in [-0.2, -0.15) is 0 Å². The van der Waals surface area contributed by atoms with Crippen LogP contribution in [0.4, 0.5) is 5.13 Å². The molecule has 6 nitrogen and oxygen atoms in total. The van der Waals surface area contributed by atoms with Crippen molar-refractivity contribution < 1.29 is 14.3 Å². The Morgan fingerprint density at radius 3 is 2.83 bits per heavy atom. The summed E-state index contributed by atoms with van der Waals surface area (Å²) in [5.74, 6) is 2.03. The summed E-state index contributed by atoms with van der Waals surface area (Å²) >= 11 is 3.01. The van der Waals surface area contributed by atoms with E-state index in [-0.39, 0.29) is 5.91 Å². The van der Waals surface area contributed by atoms with Crippen LogP contribution in [-0.2, 0) is 4.79 Å². The molecule has 1 unspecified atom stereocenters. The first kappa shape index (κ1) is 18.5. The summed E-state index contributed by atoms with van der Waals surface area (Å²) in [6.07, 6.45) is 1.00. The normalized spacial score (nSPS) is 11.8. The Morgan fingerprint density at radius 1 is 1.33 bits per heavy atom. The van der Waals surface area contributed by atoms with Crippen molar-refractivity contribution in [2.24, 2.45) is 0 Å². The zero-order valence-electron chi connectivity index (χ0n) is 13.9. The van der Waals surface area contributed by atoms with Gasteiger partial charge in [-0.3, -0.25) is 10.1 Å². The minimum absolute atomic E-state index is 0.233. The molecule has 0 aliphatic carbocycles. The third-order valence-corrected chi connectivity index (χ3v) is 5.23. The number of carbonyl (C=O) groups excluding carboxylic acids is 1. The molecule has 0 radical (unpaired) electrons. The number of hydrogen-bond donors (Lipinski definition) is 1. The summed E-state index contributed by atoms with van der Waals surface area (Å²) < 4.78 is 11.8. The van der Waals surface area contributed by atoms with Gasteiger partial charge in [0.15, 0.2) is 10.4 Å². The monoisotopic (exact) mass is 367 g/mol. The van der Waals surface area contributed by atoms with Gasteiger partial charge in [-0.05, 0) is 25.0 Å². The van der Waals surface area contributed by atoms with Crippen LogP contribution in [0.2, 0.25) is 0 Å². The standard InChI is InChI=1S/C16H21N3O3S2/c1-4-9-23-16-19-18-15(24-16)17-14(20)13(5-2)22-12-8-6-7-11(10-12)21-3/h6-8,10,13H,4-5,9H2,1-3H3,(H,17,18,20). The maximum Gasteiger partial charge on any atom is 0.267 e. The van der Waals surface area contributed by atoms with Gasteiger partial charge >= 0.3 is 0 Å². The van der Waals surface area contributed by atoms with E-state index < -0.39 is 6.10 Å². The predicted octanol–water partition coefficient (Wildman–Crippen LogP) is 3.84. The Morgan fingerprint density at radius 2 is 2.12 bits per heavy atom. The third kappa shape index (κ3) is 5.38. The average Bonchev–Trinajstić information content (AvgIpc) is 3.05. The highest BCUT2D eigenvalue weighted by Gasteiger charge is 2.20. The zero-order valence-corrected chi connectivity index (χ0v) is 15.6. The molecule has 8 heteroatoms. The molecule has 0 aliphatic rings. The van der Waals surface area contributed by atoms with Gasteiger partial charge in [-0.15, -0.1) is 10.2 Å². The van der Waals surface area contributed by atoms with Crippen LogP contribution in [0.25, 0.3) is 0 Å². The largest absolute Gasteiger partial charge is 0.497 e. The number of ether oxygens (including phenoxy) is 2. The van der Waals surface area contributed by atoms with Crippen LogP contribution in [-0.4, -0.2) is 35.1 Å². The van der Waals surface area contributed by atoms with E-state index in [0.717, 1.165) is 16.5 Å². The second kappa shape index (κ2) is 9.48. The molecule has 1 atom stereocenters. The van der Waals surface area contributed by atoms with E-state index in [9.17, 15) is 4.79 Å². The molecule has 1 amide bonds. The van der Waals surface area contributed by atoms with Crippen LogP contribution in [0.5, 0.6) is 11.5 Å². The molecule has 2 aromatic rings. The summed E-state index contributed by atoms with van der Waals surface area (Å²) in [5.41, 5.74) is 0. The number of rotatable bonds is 9. The second-order valence-electron chi connectivity index (χ2n) is 4.90. The number of nitrogens with one attached hydrogen (secondary N) is 1. The minimum Gasteiger partial charge on any atom is -0.497 e. The molecule has 0 saturated heterocycles. The Labute approximate surface area is 150 Å². The zero-order chi connectivity index (χ0) is 17.4. The molecular weight excluding hydrogens is 346 g/mol. The van der Waals surface area contributed by atoms with Gasteiger partial charge in [-0.1, -0.05) is 43.0 Å². The van der Waals surface area contributed by atoms with E-state index in [4.69, 9.17) is 9.47 Å². The van der Waals surface area contributed by atoms with E-state index >= 15 is 0 Å². The summed E-state index contributed by atoms with van der Waals surface area (Å²) in [4.78, 5) is 12.4. The van der Waals surface area contributed by atoms with Crippen LogP contribution in [0.3, 0.4) is 0 Å². The number of aromatic nitrogens is 2. The number of carbonyl (C=O) groups is 1. The highest BCUT2D eigenvalue weighted by Crippen LogP contribution is 2.26. The third-order valence-electron chi connectivity index (χ3n) is 3.05. The second-order valence-corrected chi connectivity index (χ2v) is 7.22. The van der Waals surface area contributed by atoms with E-state index in [2.05, 4.69) is 22.4 Å². The van der Waals surface area contributed by atoms with Gasteiger partial charge < -0.3 is 9.47 Å². The molecule has 2 rings (SSSR count). The van der Waals surface area contributed by atoms with E-state index in [1.165, 1.54) is 11.3 Å². The van der Waals surface area contributed by atoms with Crippen molar-refractivity contribution in [3.63, 3.8) is 0 Å². The number of hydrogen-bond acceptors (Lipinski definition) is 7. The predicted molar refractivity (Wildman–Crippen MR) is 97.3 cm³/mol. The lowest BCUT2D eigenvalue weighted by atomic mass is 10.2. The fraction of sp³-hybridized carbons (Fsp3) is 0.438. The molecule has 0 saturated carbocycles. The fourth-order valence-electron chi connectivity index (χ4n) is 1.85. The smallest absolute Gasteiger partial charge is 0.267 e. The van der Waals surface area contributed by atoms with Crippen LogP contribution in [0, 0.1) is 0 Å². The molecule has 1 aromatic heterocycles. The van der Waals surface area contributed by atoms with Crippen LogP contribution in [0.1, 0.15) is 26.7 Å². The molecule has 1 heterocycles. The molecule has 1 aromatic carbocycles. The number of methoxy groups -OCH3 is 1. The van der Waals surface area contributed by atoms with Crippen LogP contribution in [0.15, 0.2) is 28.6 Å². The first-order valence-corrected chi connectivity index (χ1v) is 9.54. The molecule has 0 spiro atoms. The lowest BCUT2D eigenvalue weighted by Gasteiger charge is -2.16. The van der Waals surface area contributed by atoms with Crippen molar-refractivity contribution in [3.05, 3.63) is 24.3 Å². The molecule has 130 valence electrons. The lowest BCUT2D eigenvalue weighted by Crippen LogP contribution is -2.32. The maximum atomic E-state index is 12.4. The van der Waals surface area contributed by atoms with E-state index in [1.807, 2.05) is 19.1 Å². The topological polar surface area (TPSA) is 73.3 Å². The van der Waals surface area contributed by atoms with Crippen molar-refractivity contribution in [1.29, 1.82) is 0 Å². The molecule has 0 bridgehead atoms. The number of thioether (sulfide) groups is 1. The summed E-state index contributed by atoms with van der Waals surface area (Å²) in [5, 5.41) is 11.3. The maximum absolute atomic E-state index is 12.4. The first-order valence-electron chi connectivity index (χ1n) is 7.74. The first-order chi connectivity index (χ1) is 11.7. The molecule has 0 fully saturated rings. The lowest BCUT2D eigenvalue weighted by molar-refractivity contribution is -0.122. The number of benzene rings is 1. The summed E-state index contributed by atoms with van der Waals surface area (Å²) in [6, 6.07) is 7.19. The highest BCUT2D eigenvalue weighted by atomic mass is 32.2. The van der Waals surface area contributed by atoms with Crippen LogP contribution < -0.4 is 14.8 Å². The minimum atomic E-state index is -0.604. The van der Waals surface area contributed by atoms with Gasteiger partial charge in [0.05, 0.1) is 7.11 Å². The van der Waals surface area contributed by atoms with Crippen molar-refractivity contribution in [3.8, 4) is 11.5 Å². The van der Waals surface area contributed by atoms with Gasteiger partial charge in [0.2, 0.25) is 5.13 Å². The van der Waals surface area contributed by atoms with Crippen molar-refractivity contribution in [1.82, 2.24) is 10.2 Å². The van der Waals surface area contributed by atoms with Gasteiger partial charge in [-0.25, -0.2) is 0 Å². The SMILES string of the molecule is CCCSc1nnc(NC(=O)C(CC)Oc2cccc(OC)c2)s1. The molecule has 1 N–H and O–H groups in total. The molecule has 24 heavy (non-hydrogen) atoms. The summed E-state index contributed by atoms with van der Waals surface area (Å²) in [6.45, 7) is 4.01. The van der Waals surface area contributed by atoms with Gasteiger partial charge in [0.1, 0.15) is 11.5 Å². The molecule has 0 aliphatic heterocycles.